The molecule has 0 saturated heterocycles. The maximum atomic E-state index is 12.1. The van der Waals surface area contributed by atoms with Crippen molar-refractivity contribution in [3.8, 4) is 11.5 Å². The van der Waals surface area contributed by atoms with Crippen LogP contribution in [0.4, 0.5) is 10.7 Å². The number of anilines is 1. The Hall–Kier alpha value is -3.19. The van der Waals surface area contributed by atoms with Crippen LogP contribution in [0.15, 0.2) is 60.7 Å². The molecule has 0 spiro atoms. The van der Waals surface area contributed by atoms with Gasteiger partial charge < -0.3 is 10.1 Å². The van der Waals surface area contributed by atoms with Crippen LogP contribution in [-0.2, 0) is 0 Å². The summed E-state index contributed by atoms with van der Waals surface area (Å²) in [5.74, 6) is 1.00. The van der Waals surface area contributed by atoms with Gasteiger partial charge in [-0.1, -0.05) is 23.5 Å². The van der Waals surface area contributed by atoms with Crippen LogP contribution in [0.5, 0.6) is 11.5 Å². The molecule has 6 nitrogen and oxygen atoms in total. The average Bonchev–Trinajstić information content (AvgIpc) is 3.07. The van der Waals surface area contributed by atoms with Gasteiger partial charge in [0.15, 0.2) is 0 Å². The lowest BCUT2D eigenvalue weighted by molar-refractivity contribution is -0.380. The van der Waals surface area contributed by atoms with E-state index >= 15 is 0 Å². The molecule has 7 heteroatoms. The first kappa shape index (κ1) is 16.7. The lowest BCUT2D eigenvalue weighted by Gasteiger charge is -2.08. The highest BCUT2D eigenvalue weighted by atomic mass is 32.1. The predicted octanol–water partition coefficient (Wildman–Crippen LogP) is 5.01. The van der Waals surface area contributed by atoms with E-state index in [0.717, 1.165) is 22.6 Å². The van der Waals surface area contributed by atoms with Gasteiger partial charge in [0.2, 0.25) is 0 Å². The number of ether oxygens (including phenoxy) is 1. The van der Waals surface area contributed by atoms with E-state index in [-0.39, 0.29) is 15.8 Å². The Kier molecular flexibility index (Phi) is 4.76. The predicted molar refractivity (Wildman–Crippen MR) is 96.6 cm³/mol. The quantitative estimate of drug-likeness (QED) is 0.516. The first-order valence-corrected chi connectivity index (χ1v) is 8.23. The molecule has 2 aromatic carbocycles. The van der Waals surface area contributed by atoms with E-state index in [4.69, 9.17) is 4.74 Å². The smallest absolute Gasteiger partial charge is 0.324 e. The zero-order chi connectivity index (χ0) is 17.8. The number of hydrogen-bond acceptors (Lipinski definition) is 5. The van der Waals surface area contributed by atoms with Crippen molar-refractivity contribution in [3.05, 3.63) is 81.2 Å². The summed E-state index contributed by atoms with van der Waals surface area (Å²) < 4.78 is 5.75. The molecule has 0 bridgehead atoms. The highest BCUT2D eigenvalue weighted by Gasteiger charge is 2.15. The second kappa shape index (κ2) is 7.14. The molecular formula is C18H14N2O4S. The topological polar surface area (TPSA) is 81.5 Å². The van der Waals surface area contributed by atoms with Gasteiger partial charge in [-0.25, -0.2) is 0 Å². The number of nitrogens with zero attached hydrogens (tertiary/aromatic N) is 1. The summed E-state index contributed by atoms with van der Waals surface area (Å²) in [6, 6.07) is 17.4. The van der Waals surface area contributed by atoms with Gasteiger partial charge in [-0.3, -0.25) is 14.9 Å². The number of amides is 1. The van der Waals surface area contributed by atoms with Gasteiger partial charge in [0.1, 0.15) is 11.5 Å². The van der Waals surface area contributed by atoms with E-state index in [0.29, 0.717) is 11.4 Å². The number of rotatable bonds is 5. The lowest BCUT2D eigenvalue weighted by atomic mass is 10.2. The highest BCUT2D eigenvalue weighted by molar-refractivity contribution is 7.17. The Bertz CT molecular complexity index is 919. The van der Waals surface area contributed by atoms with Crippen molar-refractivity contribution < 1.29 is 14.5 Å². The molecule has 0 fully saturated rings. The van der Waals surface area contributed by atoms with Crippen molar-refractivity contribution in [2.45, 2.75) is 6.92 Å². The summed E-state index contributed by atoms with van der Waals surface area (Å²) in [7, 11) is 0. The van der Waals surface area contributed by atoms with E-state index < -0.39 is 4.92 Å². The average molecular weight is 354 g/mol. The summed E-state index contributed by atoms with van der Waals surface area (Å²) in [6.07, 6.45) is 0. The van der Waals surface area contributed by atoms with Crippen LogP contribution >= 0.6 is 11.3 Å². The van der Waals surface area contributed by atoms with Crippen molar-refractivity contribution >= 4 is 27.9 Å². The van der Waals surface area contributed by atoms with Crippen LogP contribution in [0, 0.1) is 17.0 Å². The molecule has 126 valence electrons. The molecule has 0 saturated carbocycles. The van der Waals surface area contributed by atoms with Crippen LogP contribution in [0.1, 0.15) is 15.2 Å². The standard InChI is InChI=1S/C18H14N2O4S/c1-12-3-2-4-15(11-12)24-14-7-5-13(6-8-14)19-18(21)16-9-10-17(25-16)20(22)23/h2-11H,1H3,(H,19,21). The molecule has 25 heavy (non-hydrogen) atoms. The molecular weight excluding hydrogens is 340 g/mol. The fourth-order valence-corrected chi connectivity index (χ4v) is 2.88. The normalized spacial score (nSPS) is 10.3. The Morgan fingerprint density at radius 1 is 1.08 bits per heavy atom. The Balaban J connectivity index is 1.65. The highest BCUT2D eigenvalue weighted by Crippen LogP contribution is 2.26. The lowest BCUT2D eigenvalue weighted by Crippen LogP contribution is -2.09. The van der Waals surface area contributed by atoms with E-state index in [1.54, 1.807) is 24.3 Å². The Morgan fingerprint density at radius 2 is 1.84 bits per heavy atom. The molecule has 0 aliphatic rings. The van der Waals surface area contributed by atoms with E-state index in [2.05, 4.69) is 5.32 Å². The van der Waals surface area contributed by atoms with Crippen molar-refractivity contribution in [1.82, 2.24) is 0 Å². The van der Waals surface area contributed by atoms with Gasteiger partial charge in [0.25, 0.3) is 5.91 Å². The molecule has 0 atom stereocenters. The van der Waals surface area contributed by atoms with Crippen LogP contribution in [0.25, 0.3) is 0 Å². The summed E-state index contributed by atoms with van der Waals surface area (Å²) in [6.45, 7) is 1.99. The van der Waals surface area contributed by atoms with Gasteiger partial charge >= 0.3 is 5.00 Å². The van der Waals surface area contributed by atoms with E-state index in [1.807, 2.05) is 31.2 Å². The number of carbonyl (C=O) groups excluding carboxylic acids is 1. The number of hydrogen-bond donors (Lipinski definition) is 1. The zero-order valence-electron chi connectivity index (χ0n) is 13.3. The first-order valence-electron chi connectivity index (χ1n) is 7.41. The second-order valence-corrected chi connectivity index (χ2v) is 6.35. The Morgan fingerprint density at radius 3 is 2.48 bits per heavy atom. The van der Waals surface area contributed by atoms with Crippen LogP contribution in [0.3, 0.4) is 0 Å². The van der Waals surface area contributed by atoms with Crippen molar-refractivity contribution in [2.75, 3.05) is 5.32 Å². The van der Waals surface area contributed by atoms with Gasteiger partial charge in [-0.15, -0.1) is 0 Å². The number of carbonyl (C=O) groups is 1. The van der Waals surface area contributed by atoms with Crippen LogP contribution in [-0.4, -0.2) is 10.8 Å². The number of benzene rings is 2. The molecule has 0 aliphatic heterocycles. The molecule has 3 rings (SSSR count). The van der Waals surface area contributed by atoms with Crippen molar-refractivity contribution in [3.63, 3.8) is 0 Å². The van der Waals surface area contributed by atoms with Crippen LogP contribution in [0.2, 0.25) is 0 Å². The SMILES string of the molecule is Cc1cccc(Oc2ccc(NC(=O)c3ccc([N+](=O)[O-])s3)cc2)c1. The molecule has 3 aromatic rings. The van der Waals surface area contributed by atoms with E-state index in [9.17, 15) is 14.9 Å². The fourth-order valence-electron chi connectivity index (χ4n) is 2.16. The largest absolute Gasteiger partial charge is 0.457 e. The zero-order valence-corrected chi connectivity index (χ0v) is 14.1. The molecule has 1 heterocycles. The summed E-state index contributed by atoms with van der Waals surface area (Å²) in [5, 5.41) is 13.3. The molecule has 0 aliphatic carbocycles. The second-order valence-electron chi connectivity index (χ2n) is 5.29. The minimum absolute atomic E-state index is 0.0629. The van der Waals surface area contributed by atoms with Gasteiger partial charge in [0, 0.05) is 11.8 Å². The van der Waals surface area contributed by atoms with Crippen LogP contribution < -0.4 is 10.1 Å². The molecule has 1 N–H and O–H groups in total. The summed E-state index contributed by atoms with van der Waals surface area (Å²) in [5.41, 5.74) is 1.68. The summed E-state index contributed by atoms with van der Waals surface area (Å²) in [4.78, 5) is 22.6. The number of nitro groups is 1. The monoisotopic (exact) mass is 354 g/mol. The van der Waals surface area contributed by atoms with E-state index in [1.165, 1.54) is 12.1 Å². The minimum Gasteiger partial charge on any atom is -0.457 e. The Labute approximate surface area is 147 Å². The van der Waals surface area contributed by atoms with Crippen molar-refractivity contribution in [1.29, 1.82) is 0 Å². The van der Waals surface area contributed by atoms with Gasteiger partial charge in [-0.2, -0.15) is 0 Å². The third-order valence-corrected chi connectivity index (χ3v) is 4.37. The third kappa shape index (κ3) is 4.21. The maximum Gasteiger partial charge on any atom is 0.324 e. The van der Waals surface area contributed by atoms with Gasteiger partial charge in [-0.05, 0) is 55.0 Å². The molecule has 0 unspecified atom stereocenters. The summed E-state index contributed by atoms with van der Waals surface area (Å²) >= 11 is 0.839. The first-order chi connectivity index (χ1) is 12.0. The molecule has 1 amide bonds. The fraction of sp³-hybridized carbons (Fsp3) is 0.0556. The minimum atomic E-state index is -0.515. The third-order valence-electron chi connectivity index (χ3n) is 3.33. The molecule has 0 radical (unpaired) electrons. The number of thiophene rings is 1. The van der Waals surface area contributed by atoms with Gasteiger partial charge in [0.05, 0.1) is 9.80 Å². The number of nitrogens with one attached hydrogen (secondary N) is 1. The molecule has 1 aromatic heterocycles. The number of aryl methyl sites for hydroxylation is 1. The maximum absolute atomic E-state index is 12.1. The van der Waals surface area contributed by atoms with Crippen molar-refractivity contribution in [2.24, 2.45) is 0 Å².